The van der Waals surface area contributed by atoms with Crippen LogP contribution in [0.5, 0.6) is 0 Å². The number of carbonyl (C=O) groups is 1. The number of piperidine rings is 2. The maximum atomic E-state index is 12.5. The van der Waals surface area contributed by atoms with Crippen LogP contribution < -0.4 is 5.32 Å². The minimum absolute atomic E-state index is 0.343. The summed E-state index contributed by atoms with van der Waals surface area (Å²) >= 11 is 0. The summed E-state index contributed by atoms with van der Waals surface area (Å²) in [5.74, 6) is 1.13. The monoisotopic (exact) mass is 281 g/mol. The molecule has 4 nitrogen and oxygen atoms in total. The Bertz CT molecular complexity index is 294. The molecule has 2 fully saturated rings. The van der Waals surface area contributed by atoms with Crippen molar-refractivity contribution in [2.75, 3.05) is 39.3 Å². The molecule has 116 valence electrons. The molecule has 2 heterocycles. The van der Waals surface area contributed by atoms with Crippen molar-refractivity contribution in [1.29, 1.82) is 0 Å². The summed E-state index contributed by atoms with van der Waals surface area (Å²) in [5, 5.41) is 3.47. The fourth-order valence-corrected chi connectivity index (χ4v) is 3.35. The van der Waals surface area contributed by atoms with Gasteiger partial charge in [0, 0.05) is 25.7 Å². The number of likely N-dealkylation sites (tertiary alicyclic amines) is 1. The van der Waals surface area contributed by atoms with E-state index in [0.29, 0.717) is 18.5 Å². The number of amides is 1. The molecule has 20 heavy (non-hydrogen) atoms. The van der Waals surface area contributed by atoms with Crippen LogP contribution in [0, 0.1) is 5.92 Å². The van der Waals surface area contributed by atoms with E-state index in [-0.39, 0.29) is 0 Å². The van der Waals surface area contributed by atoms with E-state index in [1.165, 1.54) is 25.7 Å². The second-order valence-corrected chi connectivity index (χ2v) is 6.53. The maximum Gasteiger partial charge on any atom is 0.236 e. The lowest BCUT2D eigenvalue weighted by Gasteiger charge is -2.37. The average molecular weight is 281 g/mol. The van der Waals surface area contributed by atoms with Gasteiger partial charge in [0.1, 0.15) is 0 Å². The van der Waals surface area contributed by atoms with Crippen molar-refractivity contribution in [3.8, 4) is 0 Å². The van der Waals surface area contributed by atoms with Gasteiger partial charge in [0.15, 0.2) is 0 Å². The maximum absolute atomic E-state index is 12.5. The first-order chi connectivity index (χ1) is 9.70. The molecular formula is C16H31N3O. The van der Waals surface area contributed by atoms with Gasteiger partial charge in [-0.15, -0.1) is 0 Å². The molecule has 2 rings (SSSR count). The van der Waals surface area contributed by atoms with Crippen molar-refractivity contribution in [2.45, 2.75) is 52.0 Å². The Hall–Kier alpha value is -0.610. The van der Waals surface area contributed by atoms with E-state index in [4.69, 9.17) is 0 Å². The lowest BCUT2D eigenvalue weighted by Crippen LogP contribution is -2.51. The predicted octanol–water partition coefficient (Wildman–Crippen LogP) is 1.71. The van der Waals surface area contributed by atoms with E-state index in [2.05, 4.69) is 29.0 Å². The summed E-state index contributed by atoms with van der Waals surface area (Å²) < 4.78 is 0. The van der Waals surface area contributed by atoms with E-state index >= 15 is 0 Å². The van der Waals surface area contributed by atoms with Crippen LogP contribution in [-0.2, 0) is 4.79 Å². The lowest BCUT2D eigenvalue weighted by atomic mass is 9.99. The van der Waals surface area contributed by atoms with Crippen LogP contribution in [0.15, 0.2) is 0 Å². The summed E-state index contributed by atoms with van der Waals surface area (Å²) in [6.45, 7) is 10.3. The molecule has 0 aromatic rings. The van der Waals surface area contributed by atoms with E-state index in [1.807, 2.05) is 0 Å². The van der Waals surface area contributed by atoms with Gasteiger partial charge in [-0.2, -0.15) is 0 Å². The van der Waals surface area contributed by atoms with Gasteiger partial charge in [0.25, 0.3) is 0 Å². The highest BCUT2D eigenvalue weighted by Gasteiger charge is 2.26. The Morgan fingerprint density at radius 2 is 2.05 bits per heavy atom. The summed E-state index contributed by atoms with van der Waals surface area (Å²) in [6, 6.07) is 0.552. The number of hydrogen-bond donors (Lipinski definition) is 1. The van der Waals surface area contributed by atoms with Crippen molar-refractivity contribution in [2.24, 2.45) is 5.92 Å². The van der Waals surface area contributed by atoms with Crippen LogP contribution in [-0.4, -0.2) is 61.0 Å². The zero-order valence-corrected chi connectivity index (χ0v) is 13.2. The third kappa shape index (κ3) is 4.45. The van der Waals surface area contributed by atoms with Crippen LogP contribution in [0.2, 0.25) is 0 Å². The van der Waals surface area contributed by atoms with Crippen molar-refractivity contribution in [3.63, 3.8) is 0 Å². The summed E-state index contributed by atoms with van der Waals surface area (Å²) in [5.41, 5.74) is 0. The van der Waals surface area contributed by atoms with Gasteiger partial charge in [-0.25, -0.2) is 0 Å². The molecule has 1 amide bonds. The smallest absolute Gasteiger partial charge is 0.236 e. The highest BCUT2D eigenvalue weighted by atomic mass is 16.2. The minimum atomic E-state index is 0.343. The van der Waals surface area contributed by atoms with E-state index in [1.54, 1.807) is 0 Å². The van der Waals surface area contributed by atoms with E-state index < -0.39 is 0 Å². The molecule has 0 aliphatic carbocycles. The fourth-order valence-electron chi connectivity index (χ4n) is 3.35. The predicted molar refractivity (Wildman–Crippen MR) is 82.7 cm³/mol. The molecule has 2 aliphatic heterocycles. The molecule has 0 aromatic carbocycles. The fraction of sp³-hybridized carbons (Fsp3) is 0.938. The highest BCUT2D eigenvalue weighted by Crippen LogP contribution is 2.17. The first kappa shape index (κ1) is 15.8. The van der Waals surface area contributed by atoms with Crippen LogP contribution in [0.1, 0.15) is 46.0 Å². The molecule has 0 radical (unpaired) electrons. The number of nitrogens with zero attached hydrogens (tertiary/aromatic N) is 2. The third-order valence-electron chi connectivity index (χ3n) is 4.77. The van der Waals surface area contributed by atoms with Gasteiger partial charge >= 0.3 is 0 Å². The Kier molecular flexibility index (Phi) is 6.30. The molecule has 2 saturated heterocycles. The topological polar surface area (TPSA) is 35.6 Å². The van der Waals surface area contributed by atoms with Crippen molar-refractivity contribution in [1.82, 2.24) is 15.1 Å². The first-order valence-electron chi connectivity index (χ1n) is 8.43. The number of hydrogen-bond acceptors (Lipinski definition) is 3. The highest BCUT2D eigenvalue weighted by molar-refractivity contribution is 5.78. The van der Waals surface area contributed by atoms with Gasteiger partial charge in [-0.3, -0.25) is 9.69 Å². The van der Waals surface area contributed by atoms with Crippen molar-refractivity contribution in [3.05, 3.63) is 0 Å². The van der Waals surface area contributed by atoms with Gasteiger partial charge in [-0.05, 0) is 51.1 Å². The summed E-state index contributed by atoms with van der Waals surface area (Å²) in [4.78, 5) is 17.0. The molecule has 2 aliphatic rings. The van der Waals surface area contributed by atoms with Crippen LogP contribution in [0.25, 0.3) is 0 Å². The molecule has 1 unspecified atom stereocenters. The number of rotatable bonds is 5. The largest absolute Gasteiger partial charge is 0.342 e. The normalized spacial score (nSPS) is 25.1. The molecule has 4 heteroatoms. The van der Waals surface area contributed by atoms with Gasteiger partial charge in [0.05, 0.1) is 6.54 Å². The SMILES string of the molecule is CCCN(CC(=O)N1CCC(C)CC1)C1CCCNC1. The second kappa shape index (κ2) is 7.99. The molecule has 0 aromatic heterocycles. The molecule has 1 N–H and O–H groups in total. The van der Waals surface area contributed by atoms with Crippen molar-refractivity contribution >= 4 is 5.91 Å². The van der Waals surface area contributed by atoms with Gasteiger partial charge < -0.3 is 10.2 Å². The Morgan fingerprint density at radius 1 is 1.30 bits per heavy atom. The molecular weight excluding hydrogens is 250 g/mol. The number of nitrogens with one attached hydrogen (secondary N) is 1. The Labute approximate surface area is 123 Å². The number of carbonyl (C=O) groups excluding carboxylic acids is 1. The second-order valence-electron chi connectivity index (χ2n) is 6.53. The zero-order chi connectivity index (χ0) is 14.4. The van der Waals surface area contributed by atoms with Crippen LogP contribution in [0.3, 0.4) is 0 Å². The van der Waals surface area contributed by atoms with Crippen LogP contribution >= 0.6 is 0 Å². The minimum Gasteiger partial charge on any atom is -0.342 e. The third-order valence-corrected chi connectivity index (χ3v) is 4.77. The molecule has 0 saturated carbocycles. The quantitative estimate of drug-likeness (QED) is 0.833. The Balaban J connectivity index is 1.84. The van der Waals surface area contributed by atoms with E-state index in [0.717, 1.165) is 45.1 Å². The lowest BCUT2D eigenvalue weighted by molar-refractivity contribution is -0.134. The zero-order valence-electron chi connectivity index (χ0n) is 13.2. The molecule has 0 spiro atoms. The molecule has 0 bridgehead atoms. The van der Waals surface area contributed by atoms with Crippen LogP contribution in [0.4, 0.5) is 0 Å². The standard InChI is InChI=1S/C16H31N3O/c1-3-9-19(15-5-4-8-17-12-15)13-16(20)18-10-6-14(2)7-11-18/h14-15,17H,3-13H2,1-2H3. The average Bonchev–Trinajstić information content (AvgIpc) is 2.48. The first-order valence-corrected chi connectivity index (χ1v) is 8.43. The molecule has 1 atom stereocenters. The van der Waals surface area contributed by atoms with Gasteiger partial charge in [0.2, 0.25) is 5.91 Å². The summed E-state index contributed by atoms with van der Waals surface area (Å²) in [7, 11) is 0. The van der Waals surface area contributed by atoms with Crippen molar-refractivity contribution < 1.29 is 4.79 Å². The van der Waals surface area contributed by atoms with Gasteiger partial charge in [-0.1, -0.05) is 13.8 Å². The summed E-state index contributed by atoms with van der Waals surface area (Å²) in [6.07, 6.45) is 5.94. The Morgan fingerprint density at radius 3 is 2.65 bits per heavy atom. The van der Waals surface area contributed by atoms with E-state index in [9.17, 15) is 4.79 Å².